The van der Waals surface area contributed by atoms with Crippen LogP contribution in [0.15, 0.2) is 30.9 Å². The van der Waals surface area contributed by atoms with Crippen LogP contribution in [0.25, 0.3) is 0 Å². The second-order valence-corrected chi connectivity index (χ2v) is 2.50. The standard InChI is InChI=1S/C10H12O2.Zn/c1-3-4-8-5-6-9(11)10(7-8)12-2;/h3,5-7,11H,1,4H2,2H3;/q;+2. The van der Waals surface area contributed by atoms with Crippen molar-refractivity contribution in [2.45, 2.75) is 6.42 Å². The Morgan fingerprint density at radius 3 is 2.77 bits per heavy atom. The molecule has 3 heteroatoms. The zero-order valence-electron chi connectivity index (χ0n) is 7.79. The van der Waals surface area contributed by atoms with Gasteiger partial charge in [-0.3, -0.25) is 0 Å². The van der Waals surface area contributed by atoms with Crippen LogP contribution in [0.5, 0.6) is 11.5 Å². The van der Waals surface area contributed by atoms with Crippen LogP contribution in [-0.2, 0) is 25.9 Å². The van der Waals surface area contributed by atoms with Crippen LogP contribution in [0.3, 0.4) is 0 Å². The van der Waals surface area contributed by atoms with Gasteiger partial charge in [0, 0.05) is 0 Å². The predicted molar refractivity (Wildman–Crippen MR) is 48.6 cm³/mol. The molecule has 1 rings (SSSR count). The molecule has 0 saturated heterocycles. The Hall–Kier alpha value is -0.817. The van der Waals surface area contributed by atoms with Crippen LogP contribution < -0.4 is 4.74 Å². The van der Waals surface area contributed by atoms with Gasteiger partial charge in [-0.2, -0.15) is 0 Å². The van der Waals surface area contributed by atoms with Crippen molar-refractivity contribution in [3.8, 4) is 11.5 Å². The summed E-state index contributed by atoms with van der Waals surface area (Å²) in [5.41, 5.74) is 1.08. The third-order valence-electron chi connectivity index (χ3n) is 1.62. The molecule has 0 bridgehead atoms. The van der Waals surface area contributed by atoms with Crippen molar-refractivity contribution in [3.05, 3.63) is 36.4 Å². The van der Waals surface area contributed by atoms with Gasteiger partial charge in [-0.15, -0.1) is 6.58 Å². The Kier molecular flexibility index (Phi) is 5.40. The molecule has 0 spiro atoms. The number of benzene rings is 1. The third kappa shape index (κ3) is 3.19. The molecular weight excluding hydrogens is 217 g/mol. The topological polar surface area (TPSA) is 29.5 Å². The van der Waals surface area contributed by atoms with Crippen LogP contribution in [0.2, 0.25) is 0 Å². The third-order valence-corrected chi connectivity index (χ3v) is 1.62. The number of aromatic hydroxyl groups is 1. The monoisotopic (exact) mass is 228 g/mol. The van der Waals surface area contributed by atoms with Crippen molar-refractivity contribution in [2.75, 3.05) is 7.11 Å². The maximum atomic E-state index is 9.25. The van der Waals surface area contributed by atoms with Gasteiger partial charge in [0.2, 0.25) is 0 Å². The molecule has 64 valence electrons. The molecule has 0 unspecified atom stereocenters. The molecule has 13 heavy (non-hydrogen) atoms. The van der Waals surface area contributed by atoms with Crippen molar-refractivity contribution in [1.82, 2.24) is 0 Å². The van der Waals surface area contributed by atoms with E-state index in [0.29, 0.717) is 5.75 Å². The minimum Gasteiger partial charge on any atom is -0.504 e. The molecule has 0 atom stereocenters. The van der Waals surface area contributed by atoms with E-state index in [2.05, 4.69) is 6.58 Å². The van der Waals surface area contributed by atoms with Gasteiger partial charge in [-0.25, -0.2) is 0 Å². The van der Waals surface area contributed by atoms with E-state index >= 15 is 0 Å². The van der Waals surface area contributed by atoms with E-state index in [9.17, 15) is 5.11 Å². The van der Waals surface area contributed by atoms with Crippen LogP contribution in [0, 0.1) is 0 Å². The average molecular weight is 230 g/mol. The summed E-state index contributed by atoms with van der Waals surface area (Å²) in [5.74, 6) is 0.680. The normalized spacial score (nSPS) is 8.69. The fraction of sp³-hybridized carbons (Fsp3) is 0.200. The number of allylic oxidation sites excluding steroid dienone is 1. The zero-order valence-corrected chi connectivity index (χ0v) is 10.8. The van der Waals surface area contributed by atoms with Gasteiger partial charge in [-0.05, 0) is 24.1 Å². The summed E-state index contributed by atoms with van der Waals surface area (Å²) in [6.07, 6.45) is 2.60. The van der Waals surface area contributed by atoms with E-state index in [0.717, 1.165) is 12.0 Å². The summed E-state index contributed by atoms with van der Waals surface area (Å²) >= 11 is 0. The fourth-order valence-corrected chi connectivity index (χ4v) is 1.02. The molecule has 0 aliphatic rings. The largest absolute Gasteiger partial charge is 2.00 e. The number of phenols is 1. The number of ether oxygens (including phenoxy) is 1. The first-order valence-electron chi connectivity index (χ1n) is 3.74. The molecule has 0 fully saturated rings. The summed E-state index contributed by atoms with van der Waals surface area (Å²) in [6, 6.07) is 5.27. The summed E-state index contributed by atoms with van der Waals surface area (Å²) in [5, 5.41) is 9.25. The van der Waals surface area contributed by atoms with Crippen molar-refractivity contribution < 1.29 is 29.3 Å². The number of methoxy groups -OCH3 is 1. The van der Waals surface area contributed by atoms with E-state index in [4.69, 9.17) is 4.74 Å². The maximum Gasteiger partial charge on any atom is 2.00 e. The number of hydrogen-bond acceptors (Lipinski definition) is 2. The van der Waals surface area contributed by atoms with Gasteiger partial charge in [-0.1, -0.05) is 12.1 Å². The first kappa shape index (κ1) is 12.2. The van der Waals surface area contributed by atoms with Gasteiger partial charge in [0.15, 0.2) is 11.5 Å². The summed E-state index contributed by atoms with van der Waals surface area (Å²) < 4.78 is 4.95. The quantitative estimate of drug-likeness (QED) is 0.636. The van der Waals surface area contributed by atoms with Crippen LogP contribution in [0.1, 0.15) is 5.56 Å². The van der Waals surface area contributed by atoms with Gasteiger partial charge < -0.3 is 9.84 Å². The molecule has 0 aliphatic carbocycles. The first-order chi connectivity index (χ1) is 5.77. The second-order valence-electron chi connectivity index (χ2n) is 2.50. The fourth-order valence-electron chi connectivity index (χ4n) is 1.02. The van der Waals surface area contributed by atoms with Gasteiger partial charge in [0.05, 0.1) is 7.11 Å². The zero-order chi connectivity index (χ0) is 8.97. The van der Waals surface area contributed by atoms with Crippen LogP contribution in [0.4, 0.5) is 0 Å². The van der Waals surface area contributed by atoms with E-state index in [1.807, 2.05) is 12.1 Å². The van der Waals surface area contributed by atoms with Gasteiger partial charge >= 0.3 is 19.5 Å². The molecule has 0 saturated carbocycles. The molecule has 0 amide bonds. The van der Waals surface area contributed by atoms with E-state index in [-0.39, 0.29) is 25.2 Å². The SMILES string of the molecule is C=CCc1ccc(O)c(OC)c1.[Zn+2]. The Morgan fingerprint density at radius 1 is 1.54 bits per heavy atom. The predicted octanol–water partition coefficient (Wildman–Crippen LogP) is 2.13. The molecular formula is C10H12O2Zn+2. The Labute approximate surface area is 91.0 Å². The molecule has 1 aromatic carbocycles. The van der Waals surface area contributed by atoms with Crippen molar-refractivity contribution in [2.24, 2.45) is 0 Å². The summed E-state index contributed by atoms with van der Waals surface area (Å²) in [6.45, 7) is 3.63. The average Bonchev–Trinajstić information content (AvgIpc) is 2.09. The number of phenolic OH excluding ortho intramolecular Hbond substituents is 1. The minimum absolute atomic E-state index is 0. The Bertz CT molecular complexity index is 284. The van der Waals surface area contributed by atoms with Crippen LogP contribution >= 0.6 is 0 Å². The van der Waals surface area contributed by atoms with Crippen LogP contribution in [-0.4, -0.2) is 12.2 Å². The molecule has 2 nitrogen and oxygen atoms in total. The molecule has 0 heterocycles. The van der Waals surface area contributed by atoms with Gasteiger partial charge in [0.1, 0.15) is 0 Å². The Morgan fingerprint density at radius 2 is 2.23 bits per heavy atom. The second kappa shape index (κ2) is 5.76. The first-order valence-corrected chi connectivity index (χ1v) is 3.74. The van der Waals surface area contributed by atoms with Crippen molar-refractivity contribution in [3.63, 3.8) is 0 Å². The number of hydrogen-bond donors (Lipinski definition) is 1. The Balaban J connectivity index is 0.00000144. The van der Waals surface area contributed by atoms with Crippen molar-refractivity contribution in [1.29, 1.82) is 0 Å². The molecule has 0 aromatic heterocycles. The molecule has 0 aliphatic heterocycles. The number of rotatable bonds is 3. The molecule has 1 N–H and O–H groups in total. The molecule has 1 aromatic rings. The molecule has 0 radical (unpaired) electrons. The summed E-state index contributed by atoms with van der Waals surface area (Å²) in [4.78, 5) is 0. The smallest absolute Gasteiger partial charge is 0.504 e. The maximum absolute atomic E-state index is 9.25. The van der Waals surface area contributed by atoms with E-state index < -0.39 is 0 Å². The van der Waals surface area contributed by atoms with E-state index in [1.54, 1.807) is 12.1 Å². The minimum atomic E-state index is 0. The summed E-state index contributed by atoms with van der Waals surface area (Å²) in [7, 11) is 1.53. The van der Waals surface area contributed by atoms with E-state index in [1.165, 1.54) is 7.11 Å². The van der Waals surface area contributed by atoms with Gasteiger partial charge in [0.25, 0.3) is 0 Å². The van der Waals surface area contributed by atoms with Crippen molar-refractivity contribution >= 4 is 0 Å².